The van der Waals surface area contributed by atoms with Gasteiger partial charge < -0.3 is 34.5 Å². The van der Waals surface area contributed by atoms with Gasteiger partial charge in [0.15, 0.2) is 11.5 Å². The Morgan fingerprint density at radius 2 is 0.855 bits per heavy atom. The molecule has 0 bridgehead atoms. The molecule has 2 aromatic rings. The van der Waals surface area contributed by atoms with Crippen molar-refractivity contribution in [3.63, 3.8) is 0 Å². The lowest BCUT2D eigenvalue weighted by Crippen LogP contribution is -2.42. The molecule has 7 nitrogen and oxygen atoms in total. The number of phenols is 2. The summed E-state index contributed by atoms with van der Waals surface area (Å²) in [7, 11) is 4.21. The van der Waals surface area contributed by atoms with Gasteiger partial charge in [-0.1, -0.05) is 123 Å². The molecule has 2 N–H and O–H groups in total. The number of ether oxygens (including phenoxy) is 1. The summed E-state index contributed by atoms with van der Waals surface area (Å²) < 4.78 is 6.62. The van der Waals surface area contributed by atoms with Gasteiger partial charge in [0.25, 0.3) is 0 Å². The van der Waals surface area contributed by atoms with Crippen molar-refractivity contribution in [2.24, 2.45) is 0 Å². The van der Waals surface area contributed by atoms with Gasteiger partial charge in [-0.2, -0.15) is 0 Å². The van der Waals surface area contributed by atoms with Crippen LogP contribution in [0.15, 0.2) is 24.3 Å². The number of hydrogen-bond acceptors (Lipinski definition) is 7. The van der Waals surface area contributed by atoms with E-state index in [0.717, 1.165) is 37.3 Å². The van der Waals surface area contributed by atoms with Crippen LogP contribution in [0.3, 0.4) is 0 Å². The van der Waals surface area contributed by atoms with Crippen molar-refractivity contribution in [1.29, 1.82) is 0 Å². The summed E-state index contributed by atoms with van der Waals surface area (Å²) in [5, 5.41) is 21.3. The van der Waals surface area contributed by atoms with Crippen LogP contribution in [0.25, 0.3) is 0 Å². The Kier molecular flexibility index (Phi) is 22.2. The average molecular weight is 845 g/mol. The lowest BCUT2D eigenvalue weighted by Gasteiger charge is -2.37. The van der Waals surface area contributed by atoms with Crippen LogP contribution in [0.4, 0.5) is 0 Å². The predicted octanol–water partition coefficient (Wildman–Crippen LogP) is 11.7. The second-order valence-corrected chi connectivity index (χ2v) is 18.0. The van der Waals surface area contributed by atoms with Gasteiger partial charge in [0, 0.05) is 39.3 Å². The Bertz CT molecular complexity index is 1270. The quantitative estimate of drug-likeness (QED) is 0.0915. The summed E-state index contributed by atoms with van der Waals surface area (Å²) in [6, 6.07) is 7.22. The molecule has 2 aliphatic heterocycles. The summed E-state index contributed by atoms with van der Waals surface area (Å²) in [4.78, 5) is 9.86. The number of phenolic OH excluding ortho intramolecular Hbond substituents is 2. The zero-order chi connectivity index (χ0) is 39.4. The van der Waals surface area contributed by atoms with Crippen molar-refractivity contribution in [3.05, 3.63) is 55.5 Å². The molecular formula is C44H70Cl4N4O3. The van der Waals surface area contributed by atoms with Crippen molar-refractivity contribution >= 4 is 46.4 Å². The van der Waals surface area contributed by atoms with E-state index >= 15 is 0 Å². The number of likely N-dealkylation sites (tertiary alicyclic amines) is 2. The number of unbranched alkanes of at least 4 members (excludes halogenated alkanes) is 12. The topological polar surface area (TPSA) is 62.7 Å². The molecule has 2 heterocycles. The van der Waals surface area contributed by atoms with Gasteiger partial charge >= 0.3 is 0 Å². The van der Waals surface area contributed by atoms with E-state index in [1.54, 1.807) is 12.1 Å². The van der Waals surface area contributed by atoms with Crippen molar-refractivity contribution in [2.75, 3.05) is 66.5 Å². The van der Waals surface area contributed by atoms with E-state index in [-0.39, 0.29) is 11.5 Å². The second-order valence-electron chi connectivity index (χ2n) is 16.4. The number of nitrogens with zero attached hydrogens (tertiary/aromatic N) is 4. The van der Waals surface area contributed by atoms with E-state index < -0.39 is 0 Å². The molecule has 2 fully saturated rings. The van der Waals surface area contributed by atoms with Crippen LogP contribution in [0.1, 0.15) is 127 Å². The zero-order valence-electron chi connectivity index (χ0n) is 33.9. The minimum absolute atomic E-state index is 0.0180. The molecule has 2 aromatic carbocycles. The molecule has 2 saturated heterocycles. The Balaban J connectivity index is 0.895. The number of rotatable bonds is 26. The molecule has 0 saturated carbocycles. The third-order valence-corrected chi connectivity index (χ3v) is 13.1. The highest BCUT2D eigenvalue weighted by Crippen LogP contribution is 2.36. The maximum absolute atomic E-state index is 9.96. The summed E-state index contributed by atoms with van der Waals surface area (Å²) in [5.74, 6) is -0.0360. The minimum Gasteiger partial charge on any atom is -0.505 e. The van der Waals surface area contributed by atoms with Gasteiger partial charge in [0.2, 0.25) is 0 Å². The zero-order valence-corrected chi connectivity index (χ0v) is 36.9. The lowest BCUT2D eigenvalue weighted by atomic mass is 10.0. The molecule has 0 radical (unpaired) electrons. The van der Waals surface area contributed by atoms with Crippen molar-refractivity contribution < 1.29 is 14.9 Å². The second kappa shape index (κ2) is 26.2. The molecule has 11 heteroatoms. The highest BCUT2D eigenvalue weighted by molar-refractivity contribution is 6.38. The van der Waals surface area contributed by atoms with Gasteiger partial charge in [-0.05, 0) is 115 Å². The molecule has 312 valence electrons. The summed E-state index contributed by atoms with van der Waals surface area (Å²) in [6.07, 6.45) is 23.8. The first-order chi connectivity index (χ1) is 26.6. The van der Waals surface area contributed by atoms with E-state index in [1.807, 2.05) is 12.1 Å². The van der Waals surface area contributed by atoms with E-state index in [0.29, 0.717) is 32.3 Å². The highest BCUT2D eigenvalue weighted by Gasteiger charge is 2.25. The first-order valence-corrected chi connectivity index (χ1v) is 22.9. The van der Waals surface area contributed by atoms with E-state index in [9.17, 15) is 10.2 Å². The first-order valence-electron chi connectivity index (χ1n) is 21.4. The van der Waals surface area contributed by atoms with Crippen LogP contribution < -0.4 is 0 Å². The Morgan fingerprint density at radius 3 is 1.22 bits per heavy atom. The molecule has 0 aliphatic carbocycles. The highest BCUT2D eigenvalue weighted by atomic mass is 35.5. The van der Waals surface area contributed by atoms with Gasteiger partial charge in [0.05, 0.1) is 32.3 Å². The Morgan fingerprint density at radius 1 is 0.527 bits per heavy atom. The average Bonchev–Trinajstić information content (AvgIpc) is 3.18. The van der Waals surface area contributed by atoms with Crippen LogP contribution in [-0.4, -0.2) is 108 Å². The number of benzene rings is 2. The lowest BCUT2D eigenvalue weighted by molar-refractivity contribution is -0.0650. The predicted molar refractivity (Wildman–Crippen MR) is 234 cm³/mol. The monoisotopic (exact) mass is 842 g/mol. The normalized spacial score (nSPS) is 16.6. The smallest absolute Gasteiger partial charge is 0.153 e. The van der Waals surface area contributed by atoms with E-state index in [4.69, 9.17) is 51.1 Å². The van der Waals surface area contributed by atoms with Crippen LogP contribution in [0.5, 0.6) is 11.5 Å². The standard InChI is InChI=1S/C44H70Cl4N4O3/c1-49(33-35-17-19-39(45)43(53)41(35)47)25-13-9-5-3-7-11-15-27-51-29-21-37(22-30-51)55-38-23-31-52(32-24-38)28-16-12-8-4-6-10-14-26-50(2)34-36-18-20-40(46)44(54)42(36)48/h17-20,37-38,53-54H,3-16,21-34H2,1-2H3. The third kappa shape index (κ3) is 17.4. The maximum atomic E-state index is 9.96. The molecule has 4 rings (SSSR count). The number of hydrogen-bond donors (Lipinski definition) is 2. The first kappa shape index (κ1) is 46.7. The largest absolute Gasteiger partial charge is 0.505 e. The van der Waals surface area contributed by atoms with Crippen LogP contribution in [-0.2, 0) is 17.8 Å². The molecule has 0 amide bonds. The Hall–Kier alpha value is -1.00. The fourth-order valence-electron chi connectivity index (χ4n) is 8.16. The molecule has 55 heavy (non-hydrogen) atoms. The fraction of sp³-hybridized carbons (Fsp3) is 0.727. The van der Waals surface area contributed by atoms with Gasteiger partial charge in [-0.3, -0.25) is 0 Å². The van der Waals surface area contributed by atoms with Crippen LogP contribution >= 0.6 is 46.4 Å². The van der Waals surface area contributed by atoms with Gasteiger partial charge in [0.1, 0.15) is 0 Å². The van der Waals surface area contributed by atoms with Crippen LogP contribution in [0.2, 0.25) is 20.1 Å². The van der Waals surface area contributed by atoms with Crippen molar-refractivity contribution in [2.45, 2.75) is 141 Å². The number of piperidine rings is 2. The van der Waals surface area contributed by atoms with Gasteiger partial charge in [-0.15, -0.1) is 0 Å². The van der Waals surface area contributed by atoms with E-state index in [1.165, 1.54) is 155 Å². The molecule has 2 aliphatic rings. The molecule has 0 atom stereocenters. The maximum Gasteiger partial charge on any atom is 0.153 e. The van der Waals surface area contributed by atoms with Crippen molar-refractivity contribution in [3.8, 4) is 11.5 Å². The fourth-order valence-corrected chi connectivity index (χ4v) is 9.02. The van der Waals surface area contributed by atoms with Crippen molar-refractivity contribution in [1.82, 2.24) is 19.6 Å². The molecular weight excluding hydrogens is 774 g/mol. The Labute approximate surface area is 353 Å². The molecule has 0 spiro atoms. The number of aromatic hydroxyl groups is 2. The summed E-state index contributed by atoms with van der Waals surface area (Å²) in [6.45, 7) is 10.8. The molecule has 0 unspecified atom stereocenters. The van der Waals surface area contributed by atoms with Gasteiger partial charge in [-0.25, -0.2) is 0 Å². The van der Waals surface area contributed by atoms with E-state index in [2.05, 4.69) is 33.7 Å². The number of halogens is 4. The summed E-state index contributed by atoms with van der Waals surface area (Å²) in [5.41, 5.74) is 1.83. The summed E-state index contributed by atoms with van der Waals surface area (Å²) >= 11 is 24.4. The SMILES string of the molecule is CN(CCCCCCCCCN1CCC(OC2CCN(CCCCCCCCCN(C)Cc3ccc(Cl)c(O)c3Cl)CC2)CC1)Cc1ccc(Cl)c(O)c1Cl. The van der Waals surface area contributed by atoms with Crippen LogP contribution in [0, 0.1) is 0 Å². The minimum atomic E-state index is -0.0180. The molecule has 0 aromatic heterocycles. The third-order valence-electron chi connectivity index (χ3n) is 11.7.